The van der Waals surface area contributed by atoms with Crippen LogP contribution in [0.2, 0.25) is 0 Å². The molecule has 2 aromatic rings. The molecule has 0 radical (unpaired) electrons. The fraction of sp³-hybridized carbons (Fsp3) is 0.312. The molecule has 0 bridgehead atoms. The molecule has 1 unspecified atom stereocenters. The smallest absolute Gasteiger partial charge is 0.375 e. The van der Waals surface area contributed by atoms with E-state index in [9.17, 15) is 25.2 Å². The van der Waals surface area contributed by atoms with Crippen LogP contribution in [-0.4, -0.2) is 43.1 Å². The zero-order valence-corrected chi connectivity index (χ0v) is 14.5. The van der Waals surface area contributed by atoms with Crippen LogP contribution < -0.4 is 16.6 Å². The molecule has 0 amide bonds. The van der Waals surface area contributed by atoms with Crippen molar-refractivity contribution in [3.05, 3.63) is 56.4 Å². The van der Waals surface area contributed by atoms with Gasteiger partial charge in [-0.25, -0.2) is 0 Å². The molecule has 0 saturated heterocycles. The maximum absolute atomic E-state index is 11.9. The van der Waals surface area contributed by atoms with Crippen molar-refractivity contribution < 1.29 is 15.2 Å². The van der Waals surface area contributed by atoms with Gasteiger partial charge < -0.3 is 21.4 Å². The minimum atomic E-state index is -1.24. The molecule has 0 spiro atoms. The SMILES string of the molecule is CC(CCc1ccccc1)(Nc1nc(N)[nH]c(=O)c1[N+](=O)[O-])/C(CO)=N/O. The normalized spacial score (nSPS) is 13.8. The maximum atomic E-state index is 11.9. The van der Waals surface area contributed by atoms with E-state index in [0.717, 1.165) is 5.56 Å². The Morgan fingerprint density at radius 1 is 1.44 bits per heavy atom. The van der Waals surface area contributed by atoms with Crippen molar-refractivity contribution in [2.45, 2.75) is 25.3 Å². The van der Waals surface area contributed by atoms with E-state index in [1.165, 1.54) is 0 Å². The summed E-state index contributed by atoms with van der Waals surface area (Å²) in [6.45, 7) is 0.964. The van der Waals surface area contributed by atoms with Crippen LogP contribution in [0.15, 0.2) is 40.3 Å². The predicted octanol–water partition coefficient (Wildman–Crippen LogP) is 0.886. The number of H-pyrrole nitrogens is 1. The number of nitro groups is 1. The van der Waals surface area contributed by atoms with E-state index in [4.69, 9.17) is 5.73 Å². The molecule has 0 saturated carbocycles. The van der Waals surface area contributed by atoms with Crippen LogP contribution in [-0.2, 0) is 6.42 Å². The number of hydrogen-bond acceptors (Lipinski definition) is 9. The third-order valence-corrected chi connectivity index (χ3v) is 4.15. The lowest BCUT2D eigenvalue weighted by molar-refractivity contribution is -0.385. The van der Waals surface area contributed by atoms with Crippen molar-refractivity contribution >= 4 is 23.2 Å². The average Bonchev–Trinajstić information content (AvgIpc) is 2.61. The molecule has 0 aliphatic rings. The topological polar surface area (TPSA) is 180 Å². The summed E-state index contributed by atoms with van der Waals surface area (Å²) in [6, 6.07) is 9.36. The van der Waals surface area contributed by atoms with E-state index in [1.54, 1.807) is 6.92 Å². The number of aromatic nitrogens is 2. The van der Waals surface area contributed by atoms with Crippen molar-refractivity contribution in [2.24, 2.45) is 5.16 Å². The third-order valence-electron chi connectivity index (χ3n) is 4.15. The van der Waals surface area contributed by atoms with Gasteiger partial charge in [-0.3, -0.25) is 19.9 Å². The second-order valence-corrected chi connectivity index (χ2v) is 6.05. The molecule has 0 aliphatic carbocycles. The van der Waals surface area contributed by atoms with Gasteiger partial charge >= 0.3 is 11.2 Å². The van der Waals surface area contributed by atoms with E-state index in [0.29, 0.717) is 6.42 Å². The summed E-state index contributed by atoms with van der Waals surface area (Å²) in [6.07, 6.45) is 0.776. The lowest BCUT2D eigenvalue weighted by Crippen LogP contribution is -2.46. The average molecular weight is 376 g/mol. The first-order chi connectivity index (χ1) is 12.8. The zero-order chi connectivity index (χ0) is 20.0. The zero-order valence-electron chi connectivity index (χ0n) is 14.5. The number of hydrogen-bond donors (Lipinski definition) is 5. The number of anilines is 2. The van der Waals surface area contributed by atoms with E-state index in [-0.39, 0.29) is 23.9 Å². The maximum Gasteiger partial charge on any atom is 0.375 e. The highest BCUT2D eigenvalue weighted by atomic mass is 16.6. The highest BCUT2D eigenvalue weighted by Gasteiger charge is 2.35. The summed E-state index contributed by atoms with van der Waals surface area (Å²) in [7, 11) is 0. The number of oxime groups is 1. The first-order valence-corrected chi connectivity index (χ1v) is 7.99. The number of nitrogens with zero attached hydrogens (tertiary/aromatic N) is 3. The van der Waals surface area contributed by atoms with Crippen LogP contribution in [0.4, 0.5) is 17.5 Å². The van der Waals surface area contributed by atoms with Crippen molar-refractivity contribution in [3.8, 4) is 0 Å². The number of rotatable bonds is 8. The van der Waals surface area contributed by atoms with Crippen LogP contribution in [0, 0.1) is 10.1 Å². The van der Waals surface area contributed by atoms with Gasteiger partial charge in [0.25, 0.3) is 0 Å². The second kappa shape index (κ2) is 8.27. The van der Waals surface area contributed by atoms with Crippen LogP contribution in [0.3, 0.4) is 0 Å². The van der Waals surface area contributed by atoms with Crippen LogP contribution in [0.25, 0.3) is 0 Å². The fourth-order valence-electron chi connectivity index (χ4n) is 2.64. The summed E-state index contributed by atoms with van der Waals surface area (Å²) in [5.41, 5.74) is 3.30. The van der Waals surface area contributed by atoms with Crippen molar-refractivity contribution in [2.75, 3.05) is 17.7 Å². The lowest BCUT2D eigenvalue weighted by Gasteiger charge is -2.31. The molecular formula is C16H20N6O5. The lowest BCUT2D eigenvalue weighted by atomic mass is 9.88. The standard InChI is InChI=1S/C16H20N6O5/c1-16(11(9-23)21-25,8-7-10-5-3-2-4-6-10)20-13-12(22(26)27)14(24)19-15(17)18-13/h2-6,23,25H,7-9H2,1H3,(H4,17,18,19,20,24)/b21-11+. The fourth-order valence-corrected chi connectivity index (χ4v) is 2.64. The minimum Gasteiger partial charge on any atom is -0.411 e. The van der Waals surface area contributed by atoms with Gasteiger partial charge in [-0.05, 0) is 25.3 Å². The van der Waals surface area contributed by atoms with Gasteiger partial charge in [0, 0.05) is 0 Å². The van der Waals surface area contributed by atoms with Crippen LogP contribution >= 0.6 is 0 Å². The molecule has 1 aromatic heterocycles. The van der Waals surface area contributed by atoms with Crippen molar-refractivity contribution in [1.82, 2.24) is 9.97 Å². The summed E-state index contributed by atoms with van der Waals surface area (Å²) < 4.78 is 0. The Kier molecular flexibility index (Phi) is 6.08. The molecule has 144 valence electrons. The van der Waals surface area contributed by atoms with Crippen LogP contribution in [0.1, 0.15) is 18.9 Å². The summed E-state index contributed by atoms with van der Waals surface area (Å²) >= 11 is 0. The number of aromatic amines is 1. The van der Waals surface area contributed by atoms with E-state index < -0.39 is 28.3 Å². The number of nitrogens with two attached hydrogens (primary N) is 1. The molecule has 1 heterocycles. The number of benzene rings is 1. The van der Waals surface area contributed by atoms with E-state index in [1.807, 2.05) is 30.3 Å². The van der Waals surface area contributed by atoms with Crippen molar-refractivity contribution in [3.63, 3.8) is 0 Å². The Balaban J connectivity index is 2.44. The first-order valence-electron chi connectivity index (χ1n) is 7.99. The summed E-state index contributed by atoms with van der Waals surface area (Å²) in [4.78, 5) is 28.1. The molecule has 11 nitrogen and oxygen atoms in total. The molecule has 11 heteroatoms. The van der Waals surface area contributed by atoms with Gasteiger partial charge in [0.05, 0.1) is 17.1 Å². The van der Waals surface area contributed by atoms with Gasteiger partial charge in [-0.2, -0.15) is 4.98 Å². The molecule has 0 aliphatic heterocycles. The summed E-state index contributed by atoms with van der Waals surface area (Å²) in [5, 5.41) is 35.9. The van der Waals surface area contributed by atoms with Gasteiger partial charge in [-0.1, -0.05) is 35.5 Å². The van der Waals surface area contributed by atoms with Gasteiger partial charge in [-0.15, -0.1) is 0 Å². The highest BCUT2D eigenvalue weighted by Crippen LogP contribution is 2.26. The Bertz CT molecular complexity index is 898. The molecule has 0 fully saturated rings. The Morgan fingerprint density at radius 2 is 2.11 bits per heavy atom. The Morgan fingerprint density at radius 3 is 2.67 bits per heavy atom. The van der Waals surface area contributed by atoms with E-state index in [2.05, 4.69) is 20.4 Å². The number of aliphatic hydroxyl groups excluding tert-OH is 1. The Hall–Kier alpha value is -3.47. The quantitative estimate of drug-likeness (QED) is 0.195. The van der Waals surface area contributed by atoms with Crippen molar-refractivity contribution in [1.29, 1.82) is 0 Å². The molecule has 1 atom stereocenters. The molecule has 2 rings (SSSR count). The number of nitrogens with one attached hydrogen (secondary N) is 2. The minimum absolute atomic E-state index is 0.0756. The third kappa shape index (κ3) is 4.58. The van der Waals surface area contributed by atoms with E-state index >= 15 is 0 Å². The van der Waals surface area contributed by atoms with Gasteiger partial charge in [0.2, 0.25) is 11.8 Å². The number of aryl methyl sites for hydroxylation is 1. The number of nitrogen functional groups attached to an aromatic ring is 1. The van der Waals surface area contributed by atoms with Gasteiger partial charge in [0.1, 0.15) is 5.71 Å². The summed E-state index contributed by atoms with van der Waals surface area (Å²) in [5.74, 6) is -0.698. The molecule has 1 aromatic carbocycles. The molecule has 27 heavy (non-hydrogen) atoms. The highest BCUT2D eigenvalue weighted by molar-refractivity contribution is 5.96. The van der Waals surface area contributed by atoms with Gasteiger partial charge in [0.15, 0.2) is 0 Å². The monoisotopic (exact) mass is 376 g/mol. The first kappa shape index (κ1) is 19.8. The molecular weight excluding hydrogens is 356 g/mol. The predicted molar refractivity (Wildman–Crippen MR) is 99.0 cm³/mol. The largest absolute Gasteiger partial charge is 0.411 e. The number of aliphatic hydroxyl groups is 1. The second-order valence-electron chi connectivity index (χ2n) is 6.05. The Labute approximate surface area is 153 Å². The molecule has 6 N–H and O–H groups in total. The van der Waals surface area contributed by atoms with Crippen LogP contribution in [0.5, 0.6) is 0 Å².